The third-order valence-electron chi connectivity index (χ3n) is 2.58. The highest BCUT2D eigenvalue weighted by molar-refractivity contribution is 5.96. The molecule has 1 aromatic carbocycles. The third kappa shape index (κ3) is 2.85. The van der Waals surface area contributed by atoms with Crippen LogP contribution in [0.25, 0.3) is 0 Å². The van der Waals surface area contributed by atoms with E-state index in [4.69, 9.17) is 15.3 Å². The number of nitrogens with zero attached hydrogens (tertiary/aromatic N) is 2. The second-order valence-corrected chi connectivity index (χ2v) is 4.15. The average molecular weight is 243 g/mol. The molecule has 1 N–H and O–H groups in total. The molecule has 1 aromatic rings. The number of nitriles is 2. The Hall–Kier alpha value is -2.37. The molecule has 1 amide bonds. The summed E-state index contributed by atoms with van der Waals surface area (Å²) in [5.74, 6) is -0.321. The molecular formula is C13H13N3O2. The van der Waals surface area contributed by atoms with Gasteiger partial charge in [0, 0.05) is 12.8 Å². The summed E-state index contributed by atoms with van der Waals surface area (Å²) in [6.45, 7) is 3.27. The lowest BCUT2D eigenvalue weighted by molar-refractivity contribution is -0.133. The van der Waals surface area contributed by atoms with Gasteiger partial charge in [0.1, 0.15) is 17.7 Å². The fourth-order valence-corrected chi connectivity index (χ4v) is 1.19. The van der Waals surface area contributed by atoms with Crippen molar-refractivity contribution in [1.29, 1.82) is 10.5 Å². The molecule has 0 saturated carbocycles. The molecule has 0 unspecified atom stereocenters. The number of carbonyl (C=O) groups excluding carboxylic acids is 1. The van der Waals surface area contributed by atoms with Crippen molar-refractivity contribution in [3.8, 4) is 12.1 Å². The van der Waals surface area contributed by atoms with Crippen molar-refractivity contribution in [3.05, 3.63) is 29.3 Å². The van der Waals surface area contributed by atoms with Crippen molar-refractivity contribution < 1.29 is 9.53 Å². The van der Waals surface area contributed by atoms with Gasteiger partial charge < -0.3 is 10.1 Å². The molecule has 1 rings (SSSR count). The SMILES string of the molecule is COC(C)(C)C(=O)Nc1ccc(C#N)c(C#N)c1. The Labute approximate surface area is 106 Å². The van der Waals surface area contributed by atoms with E-state index in [1.807, 2.05) is 12.1 Å². The molecule has 5 heteroatoms. The second kappa shape index (κ2) is 5.31. The Bertz CT molecular complexity index is 550. The number of amides is 1. The third-order valence-corrected chi connectivity index (χ3v) is 2.58. The summed E-state index contributed by atoms with van der Waals surface area (Å²) < 4.78 is 5.04. The van der Waals surface area contributed by atoms with Crippen molar-refractivity contribution in [2.24, 2.45) is 0 Å². The largest absolute Gasteiger partial charge is 0.369 e. The van der Waals surface area contributed by atoms with Crippen LogP contribution >= 0.6 is 0 Å². The minimum atomic E-state index is -0.958. The van der Waals surface area contributed by atoms with Crippen molar-refractivity contribution in [1.82, 2.24) is 0 Å². The van der Waals surface area contributed by atoms with Crippen LogP contribution in [0.3, 0.4) is 0 Å². The van der Waals surface area contributed by atoms with Gasteiger partial charge in [0.05, 0.1) is 11.1 Å². The van der Waals surface area contributed by atoms with E-state index in [-0.39, 0.29) is 17.0 Å². The smallest absolute Gasteiger partial charge is 0.256 e. The summed E-state index contributed by atoms with van der Waals surface area (Å²) in [5.41, 5.74) is 0.00783. The Morgan fingerprint density at radius 3 is 2.39 bits per heavy atom. The molecule has 0 aliphatic rings. The summed E-state index contributed by atoms with van der Waals surface area (Å²) in [5, 5.41) is 20.3. The molecular weight excluding hydrogens is 230 g/mol. The highest BCUT2D eigenvalue weighted by atomic mass is 16.5. The Balaban J connectivity index is 2.98. The molecule has 0 saturated heterocycles. The fraction of sp³-hybridized carbons (Fsp3) is 0.308. The average Bonchev–Trinajstić information content (AvgIpc) is 2.38. The van der Waals surface area contributed by atoms with Gasteiger partial charge in [0.15, 0.2) is 0 Å². The summed E-state index contributed by atoms with van der Waals surface area (Å²) >= 11 is 0. The standard InChI is InChI=1S/C13H13N3O2/c1-13(2,18-3)12(17)16-11-5-4-9(7-14)10(6-11)8-15/h4-6H,1-3H3,(H,16,17). The summed E-state index contributed by atoms with van der Waals surface area (Å²) in [7, 11) is 1.44. The number of hydrogen-bond donors (Lipinski definition) is 1. The van der Waals surface area contributed by atoms with Crippen molar-refractivity contribution in [2.45, 2.75) is 19.4 Å². The Kier molecular flexibility index (Phi) is 4.04. The van der Waals surface area contributed by atoms with Crippen LogP contribution in [-0.4, -0.2) is 18.6 Å². The molecule has 0 aliphatic heterocycles. The minimum Gasteiger partial charge on any atom is -0.369 e. The molecule has 0 spiro atoms. The molecule has 0 radical (unpaired) electrons. The van der Waals surface area contributed by atoms with Crippen molar-refractivity contribution in [2.75, 3.05) is 12.4 Å². The monoisotopic (exact) mass is 243 g/mol. The van der Waals surface area contributed by atoms with Crippen LogP contribution < -0.4 is 5.32 Å². The first-order valence-corrected chi connectivity index (χ1v) is 5.25. The number of benzene rings is 1. The van der Waals surface area contributed by atoms with Crippen LogP contribution in [0.5, 0.6) is 0 Å². The van der Waals surface area contributed by atoms with Gasteiger partial charge in [-0.2, -0.15) is 10.5 Å². The molecule has 0 aromatic heterocycles. The zero-order valence-electron chi connectivity index (χ0n) is 10.4. The predicted molar refractivity (Wildman–Crippen MR) is 65.6 cm³/mol. The second-order valence-electron chi connectivity index (χ2n) is 4.15. The Morgan fingerprint density at radius 2 is 1.89 bits per heavy atom. The van der Waals surface area contributed by atoms with Crippen LogP contribution in [0.1, 0.15) is 25.0 Å². The Morgan fingerprint density at radius 1 is 1.28 bits per heavy atom. The number of rotatable bonds is 3. The van der Waals surface area contributed by atoms with Crippen LogP contribution in [0, 0.1) is 22.7 Å². The van der Waals surface area contributed by atoms with E-state index < -0.39 is 5.60 Å². The quantitative estimate of drug-likeness (QED) is 0.876. The van der Waals surface area contributed by atoms with Gasteiger partial charge in [-0.05, 0) is 32.0 Å². The highest BCUT2D eigenvalue weighted by Gasteiger charge is 2.27. The van der Waals surface area contributed by atoms with Gasteiger partial charge in [0.25, 0.3) is 5.91 Å². The van der Waals surface area contributed by atoms with E-state index in [1.54, 1.807) is 19.9 Å². The van der Waals surface area contributed by atoms with Crippen LogP contribution in [-0.2, 0) is 9.53 Å². The molecule has 0 bridgehead atoms. The van der Waals surface area contributed by atoms with Gasteiger partial charge in [-0.1, -0.05) is 0 Å². The van der Waals surface area contributed by atoms with Gasteiger partial charge in [-0.25, -0.2) is 0 Å². The summed E-state index contributed by atoms with van der Waals surface area (Å²) in [6.07, 6.45) is 0. The van der Waals surface area contributed by atoms with E-state index in [1.165, 1.54) is 19.2 Å². The number of methoxy groups -OCH3 is 1. The lowest BCUT2D eigenvalue weighted by Gasteiger charge is -2.21. The summed E-state index contributed by atoms with van der Waals surface area (Å²) in [4.78, 5) is 11.8. The predicted octanol–water partition coefficient (Wildman–Crippen LogP) is 1.79. The molecule has 92 valence electrons. The van der Waals surface area contributed by atoms with Crippen LogP contribution in [0.15, 0.2) is 18.2 Å². The van der Waals surface area contributed by atoms with Gasteiger partial charge >= 0.3 is 0 Å². The van der Waals surface area contributed by atoms with E-state index in [2.05, 4.69) is 5.32 Å². The number of carbonyl (C=O) groups is 1. The molecule has 0 atom stereocenters. The topological polar surface area (TPSA) is 85.9 Å². The van der Waals surface area contributed by atoms with Crippen LogP contribution in [0.2, 0.25) is 0 Å². The van der Waals surface area contributed by atoms with E-state index in [9.17, 15) is 4.79 Å². The van der Waals surface area contributed by atoms with Crippen molar-refractivity contribution >= 4 is 11.6 Å². The first kappa shape index (κ1) is 13.7. The maximum atomic E-state index is 11.8. The lowest BCUT2D eigenvalue weighted by atomic mass is 10.1. The lowest BCUT2D eigenvalue weighted by Crippen LogP contribution is -2.38. The first-order valence-electron chi connectivity index (χ1n) is 5.25. The molecule has 5 nitrogen and oxygen atoms in total. The highest BCUT2D eigenvalue weighted by Crippen LogP contribution is 2.17. The number of hydrogen-bond acceptors (Lipinski definition) is 4. The normalized spacial score (nSPS) is 10.3. The molecule has 18 heavy (non-hydrogen) atoms. The zero-order valence-corrected chi connectivity index (χ0v) is 10.4. The maximum Gasteiger partial charge on any atom is 0.256 e. The van der Waals surface area contributed by atoms with E-state index in [0.29, 0.717) is 5.69 Å². The molecule has 0 aliphatic carbocycles. The van der Waals surface area contributed by atoms with E-state index in [0.717, 1.165) is 0 Å². The number of anilines is 1. The van der Waals surface area contributed by atoms with E-state index >= 15 is 0 Å². The fourth-order valence-electron chi connectivity index (χ4n) is 1.19. The molecule has 0 fully saturated rings. The number of nitrogens with one attached hydrogen (secondary N) is 1. The van der Waals surface area contributed by atoms with Gasteiger partial charge in [0.2, 0.25) is 0 Å². The number of ether oxygens (including phenoxy) is 1. The van der Waals surface area contributed by atoms with Gasteiger partial charge in [-0.3, -0.25) is 4.79 Å². The first-order chi connectivity index (χ1) is 8.44. The van der Waals surface area contributed by atoms with Gasteiger partial charge in [-0.15, -0.1) is 0 Å². The molecule has 0 heterocycles. The van der Waals surface area contributed by atoms with Crippen LogP contribution in [0.4, 0.5) is 5.69 Å². The summed E-state index contributed by atoms with van der Waals surface area (Å²) in [6, 6.07) is 8.34. The van der Waals surface area contributed by atoms with Crippen molar-refractivity contribution in [3.63, 3.8) is 0 Å². The zero-order chi connectivity index (χ0) is 13.8. The minimum absolute atomic E-state index is 0.227. The maximum absolute atomic E-state index is 11.8.